The highest BCUT2D eigenvalue weighted by Crippen LogP contribution is 2.37. The highest BCUT2D eigenvalue weighted by atomic mass is 79.9. The Morgan fingerprint density at radius 1 is 1.30 bits per heavy atom. The van der Waals surface area contributed by atoms with Crippen molar-refractivity contribution in [2.24, 2.45) is 5.92 Å². The van der Waals surface area contributed by atoms with Gasteiger partial charge in [-0.15, -0.1) is 0 Å². The molecule has 0 saturated carbocycles. The number of fused-ring (bicyclic) bond motifs is 1. The van der Waals surface area contributed by atoms with Crippen LogP contribution in [0.25, 0.3) is 11.1 Å². The Morgan fingerprint density at radius 2 is 2.10 bits per heavy atom. The molecule has 0 bridgehead atoms. The Bertz CT molecular complexity index is 1040. The molecule has 0 radical (unpaired) electrons. The fraction of sp³-hybridized carbons (Fsp3) is 0.364. The Morgan fingerprint density at radius 3 is 2.87 bits per heavy atom. The van der Waals surface area contributed by atoms with Crippen LogP contribution >= 0.6 is 39.3 Å². The summed E-state index contributed by atoms with van der Waals surface area (Å²) in [6.45, 7) is 4.22. The van der Waals surface area contributed by atoms with Crippen molar-refractivity contribution < 1.29 is 19.1 Å². The summed E-state index contributed by atoms with van der Waals surface area (Å²) in [5.41, 5.74) is 2.09. The zero-order valence-corrected chi connectivity index (χ0v) is 19.9. The van der Waals surface area contributed by atoms with E-state index in [0.717, 1.165) is 24.1 Å². The Balaban J connectivity index is 1.43. The number of halogens is 2. The first-order valence-corrected chi connectivity index (χ1v) is 11.9. The van der Waals surface area contributed by atoms with Gasteiger partial charge in [0.15, 0.2) is 5.58 Å². The lowest BCUT2D eigenvalue weighted by Crippen LogP contribution is -2.10. The highest BCUT2D eigenvalue weighted by molar-refractivity contribution is 9.10. The number of aromatic hydroxyl groups is 1. The molecule has 0 saturated heterocycles. The van der Waals surface area contributed by atoms with Crippen LogP contribution in [0.2, 0.25) is 5.02 Å². The lowest BCUT2D eigenvalue weighted by molar-refractivity contribution is -0.121. The van der Waals surface area contributed by atoms with Crippen LogP contribution in [0, 0.1) is 5.92 Å². The minimum atomic E-state index is -0.0652. The van der Waals surface area contributed by atoms with E-state index in [1.54, 1.807) is 36.0 Å². The van der Waals surface area contributed by atoms with Gasteiger partial charge in [0.2, 0.25) is 0 Å². The van der Waals surface area contributed by atoms with E-state index < -0.39 is 0 Å². The summed E-state index contributed by atoms with van der Waals surface area (Å²) in [6, 6.07) is 8.92. The van der Waals surface area contributed by atoms with Crippen molar-refractivity contribution >= 4 is 56.2 Å². The molecule has 0 aliphatic heterocycles. The maximum Gasteiger partial charge on any atom is 0.256 e. The van der Waals surface area contributed by atoms with E-state index in [2.05, 4.69) is 20.9 Å². The summed E-state index contributed by atoms with van der Waals surface area (Å²) in [5, 5.41) is 11.6. The number of carbonyl (C=O) groups is 1. The van der Waals surface area contributed by atoms with Gasteiger partial charge in [-0.25, -0.2) is 4.98 Å². The van der Waals surface area contributed by atoms with Crippen molar-refractivity contribution in [1.29, 1.82) is 0 Å². The summed E-state index contributed by atoms with van der Waals surface area (Å²) in [4.78, 5) is 16.4. The largest absolute Gasteiger partial charge is 0.506 e. The second-order valence-corrected chi connectivity index (χ2v) is 9.45. The third kappa shape index (κ3) is 5.93. The molecule has 1 heterocycles. The number of carbonyl (C=O) groups excluding carboxylic acids is 1. The number of benzene rings is 2. The number of phenols is 1. The van der Waals surface area contributed by atoms with E-state index in [-0.39, 0.29) is 23.9 Å². The topological polar surface area (TPSA) is 72.6 Å². The number of phenolic OH excluding ortho intramolecular Hbond substituents is 1. The molecule has 0 fully saturated rings. The number of ether oxygens (including phenoxy) is 1. The third-order valence-electron chi connectivity index (χ3n) is 4.53. The van der Waals surface area contributed by atoms with Crippen molar-refractivity contribution in [3.63, 3.8) is 0 Å². The molecule has 0 amide bonds. The van der Waals surface area contributed by atoms with Gasteiger partial charge in [-0.3, -0.25) is 4.79 Å². The van der Waals surface area contributed by atoms with E-state index >= 15 is 0 Å². The molecule has 1 aromatic heterocycles. The number of ketones is 1. The molecule has 0 spiro atoms. The summed E-state index contributed by atoms with van der Waals surface area (Å²) >= 11 is 10.9. The SMILES string of the molecule is CC(C)C(=O)Cc1ccc(OCCCCSc2nc3ccc(Cl)cc3o2)c(Br)c1O. The molecular formula is C22H23BrClNO4S. The average molecular weight is 513 g/mol. The molecule has 3 aromatic rings. The second kappa shape index (κ2) is 10.6. The second-order valence-electron chi connectivity index (χ2n) is 7.18. The first kappa shape index (κ1) is 23.0. The van der Waals surface area contributed by atoms with Crippen LogP contribution in [0.3, 0.4) is 0 Å². The third-order valence-corrected chi connectivity index (χ3v) is 6.44. The maximum atomic E-state index is 11.9. The summed E-state index contributed by atoms with van der Waals surface area (Å²) in [6.07, 6.45) is 1.98. The fourth-order valence-corrected chi connectivity index (χ4v) is 4.21. The first-order chi connectivity index (χ1) is 14.3. The number of hydrogen-bond acceptors (Lipinski definition) is 6. The summed E-state index contributed by atoms with van der Waals surface area (Å²) in [7, 11) is 0. The zero-order chi connectivity index (χ0) is 21.7. The lowest BCUT2D eigenvalue weighted by Gasteiger charge is -2.12. The number of rotatable bonds is 10. The molecule has 0 aliphatic carbocycles. The van der Waals surface area contributed by atoms with Gasteiger partial charge in [0.1, 0.15) is 27.3 Å². The normalized spacial score (nSPS) is 11.4. The Labute approximate surface area is 193 Å². The van der Waals surface area contributed by atoms with Crippen LogP contribution in [0.15, 0.2) is 44.4 Å². The number of Topliss-reactive ketones (excluding diaryl/α,β-unsaturated/α-hetero) is 1. The van der Waals surface area contributed by atoms with Gasteiger partial charge in [0.05, 0.1) is 6.61 Å². The molecule has 0 aliphatic rings. The molecule has 1 N–H and O–H groups in total. The van der Waals surface area contributed by atoms with Crippen LogP contribution in [-0.4, -0.2) is 28.2 Å². The molecule has 3 rings (SSSR count). The first-order valence-electron chi connectivity index (χ1n) is 9.70. The molecule has 5 nitrogen and oxygen atoms in total. The van der Waals surface area contributed by atoms with Gasteiger partial charge in [-0.1, -0.05) is 43.3 Å². The van der Waals surface area contributed by atoms with Crippen molar-refractivity contribution in [1.82, 2.24) is 4.98 Å². The average Bonchev–Trinajstić information content (AvgIpc) is 3.11. The van der Waals surface area contributed by atoms with Gasteiger partial charge in [-0.05, 0) is 47.0 Å². The van der Waals surface area contributed by atoms with Crippen molar-refractivity contribution in [3.05, 3.63) is 45.4 Å². The van der Waals surface area contributed by atoms with E-state index in [1.807, 2.05) is 19.9 Å². The summed E-state index contributed by atoms with van der Waals surface area (Å²) in [5.74, 6) is 1.51. The minimum absolute atomic E-state index is 0.0631. The predicted molar refractivity (Wildman–Crippen MR) is 124 cm³/mol. The molecule has 0 atom stereocenters. The minimum Gasteiger partial charge on any atom is -0.506 e. The molecule has 8 heteroatoms. The molecule has 30 heavy (non-hydrogen) atoms. The van der Waals surface area contributed by atoms with Crippen molar-refractivity contribution in [2.75, 3.05) is 12.4 Å². The zero-order valence-electron chi connectivity index (χ0n) is 16.8. The van der Waals surface area contributed by atoms with Gasteiger partial charge < -0.3 is 14.3 Å². The van der Waals surface area contributed by atoms with Crippen LogP contribution in [0.5, 0.6) is 11.5 Å². The maximum absolute atomic E-state index is 11.9. The number of unbranched alkanes of at least 4 members (excludes halogenated alkanes) is 1. The van der Waals surface area contributed by atoms with Crippen molar-refractivity contribution in [3.8, 4) is 11.5 Å². The monoisotopic (exact) mass is 511 g/mol. The van der Waals surface area contributed by atoms with E-state index in [9.17, 15) is 9.90 Å². The van der Waals surface area contributed by atoms with E-state index in [4.69, 9.17) is 20.8 Å². The van der Waals surface area contributed by atoms with Gasteiger partial charge in [-0.2, -0.15) is 0 Å². The Kier molecular flexibility index (Phi) is 8.08. The van der Waals surface area contributed by atoms with Crippen LogP contribution in [-0.2, 0) is 11.2 Å². The van der Waals surface area contributed by atoms with Gasteiger partial charge in [0, 0.05) is 34.7 Å². The van der Waals surface area contributed by atoms with E-state index in [0.29, 0.717) is 38.2 Å². The predicted octanol–water partition coefficient (Wildman–Crippen LogP) is 6.67. The molecule has 2 aromatic carbocycles. The number of thioether (sulfide) groups is 1. The number of oxazole rings is 1. The Hall–Kier alpha value is -1.70. The number of hydrogen-bond donors (Lipinski definition) is 1. The fourth-order valence-electron chi connectivity index (χ4n) is 2.72. The smallest absolute Gasteiger partial charge is 0.256 e. The van der Waals surface area contributed by atoms with Crippen LogP contribution in [0.1, 0.15) is 32.3 Å². The van der Waals surface area contributed by atoms with E-state index in [1.165, 1.54) is 0 Å². The highest BCUT2D eigenvalue weighted by Gasteiger charge is 2.16. The van der Waals surface area contributed by atoms with Crippen LogP contribution in [0.4, 0.5) is 0 Å². The molecular weight excluding hydrogens is 490 g/mol. The number of aromatic nitrogens is 1. The van der Waals surface area contributed by atoms with Crippen molar-refractivity contribution in [2.45, 2.75) is 38.3 Å². The molecule has 0 unspecified atom stereocenters. The van der Waals surface area contributed by atoms with Gasteiger partial charge in [0.25, 0.3) is 5.22 Å². The van der Waals surface area contributed by atoms with Gasteiger partial charge >= 0.3 is 0 Å². The number of nitrogens with zero attached hydrogens (tertiary/aromatic N) is 1. The summed E-state index contributed by atoms with van der Waals surface area (Å²) < 4.78 is 12.0. The standard InChI is InChI=1S/C22H23BrClNO4S/c1-13(2)17(26)11-14-5-8-18(20(23)21(14)27)28-9-3-4-10-30-22-25-16-7-6-15(24)12-19(16)29-22/h5-8,12-13,27H,3-4,9-11H2,1-2H3. The molecule has 160 valence electrons. The quantitative estimate of drug-likeness (QED) is 0.242. The van der Waals surface area contributed by atoms with Crippen LogP contribution < -0.4 is 4.74 Å². The lowest BCUT2D eigenvalue weighted by atomic mass is 10.0.